The minimum absolute atomic E-state index is 0.0177. The molecular formula is C12H16BrN3O3S. The standard InChI is InChI=1S/C12H16BrN3O3S/c13-10-9(11(17)15-1-5-18-6-2-15)14-12(20-10)16-3-7-19-8-4-16/h1-8H2. The van der Waals surface area contributed by atoms with Crippen molar-refractivity contribution in [1.29, 1.82) is 0 Å². The van der Waals surface area contributed by atoms with Crippen LogP contribution < -0.4 is 4.90 Å². The van der Waals surface area contributed by atoms with E-state index in [-0.39, 0.29) is 5.91 Å². The van der Waals surface area contributed by atoms with Gasteiger partial charge in [-0.25, -0.2) is 4.98 Å². The summed E-state index contributed by atoms with van der Waals surface area (Å²) in [6, 6.07) is 0. The van der Waals surface area contributed by atoms with Crippen LogP contribution in [0, 0.1) is 0 Å². The van der Waals surface area contributed by atoms with Gasteiger partial charge in [0.15, 0.2) is 10.8 Å². The number of anilines is 1. The predicted octanol–water partition coefficient (Wildman–Crippen LogP) is 1.21. The van der Waals surface area contributed by atoms with Crippen molar-refractivity contribution in [3.05, 3.63) is 9.48 Å². The van der Waals surface area contributed by atoms with Gasteiger partial charge in [-0.2, -0.15) is 0 Å². The third kappa shape index (κ3) is 2.98. The Hall–Kier alpha value is -0.700. The normalized spacial score (nSPS) is 20.2. The first kappa shape index (κ1) is 14.2. The fourth-order valence-corrected chi connectivity index (χ4v) is 3.76. The van der Waals surface area contributed by atoms with Crippen LogP contribution in [0.25, 0.3) is 0 Å². The number of hydrogen-bond donors (Lipinski definition) is 0. The van der Waals surface area contributed by atoms with E-state index in [0.29, 0.717) is 45.2 Å². The lowest BCUT2D eigenvalue weighted by Gasteiger charge is -2.27. The van der Waals surface area contributed by atoms with E-state index in [9.17, 15) is 4.79 Å². The number of thiazole rings is 1. The van der Waals surface area contributed by atoms with Gasteiger partial charge in [-0.15, -0.1) is 0 Å². The fourth-order valence-electron chi connectivity index (χ4n) is 2.23. The van der Waals surface area contributed by atoms with Gasteiger partial charge in [-0.1, -0.05) is 11.3 Å². The molecule has 2 aliphatic heterocycles. The van der Waals surface area contributed by atoms with Crippen molar-refractivity contribution in [1.82, 2.24) is 9.88 Å². The zero-order valence-corrected chi connectivity index (χ0v) is 13.4. The summed E-state index contributed by atoms with van der Waals surface area (Å²) in [5.74, 6) is -0.0177. The lowest BCUT2D eigenvalue weighted by molar-refractivity contribution is 0.0299. The molecule has 0 bridgehead atoms. The van der Waals surface area contributed by atoms with Crippen molar-refractivity contribution in [2.45, 2.75) is 0 Å². The summed E-state index contributed by atoms with van der Waals surface area (Å²) in [5, 5.41) is 0.886. The van der Waals surface area contributed by atoms with Crippen molar-refractivity contribution in [3.63, 3.8) is 0 Å². The van der Waals surface area contributed by atoms with Gasteiger partial charge < -0.3 is 19.3 Å². The van der Waals surface area contributed by atoms with Crippen LogP contribution in [0.4, 0.5) is 5.13 Å². The molecule has 1 amide bonds. The lowest BCUT2D eigenvalue weighted by atomic mass is 10.3. The topological polar surface area (TPSA) is 54.9 Å². The van der Waals surface area contributed by atoms with Gasteiger partial charge in [0.1, 0.15) is 3.79 Å². The van der Waals surface area contributed by atoms with Crippen molar-refractivity contribution in [3.8, 4) is 0 Å². The quantitative estimate of drug-likeness (QED) is 0.792. The molecule has 0 N–H and O–H groups in total. The Morgan fingerprint density at radius 2 is 1.70 bits per heavy atom. The number of rotatable bonds is 2. The molecule has 0 radical (unpaired) electrons. The summed E-state index contributed by atoms with van der Waals surface area (Å²) in [6.45, 7) is 5.54. The summed E-state index contributed by atoms with van der Waals surface area (Å²) in [7, 11) is 0. The Kier molecular flexibility index (Phi) is 4.54. The fraction of sp³-hybridized carbons (Fsp3) is 0.667. The Morgan fingerprint density at radius 3 is 2.35 bits per heavy atom. The van der Waals surface area contributed by atoms with E-state index in [1.807, 2.05) is 0 Å². The zero-order valence-electron chi connectivity index (χ0n) is 11.0. The van der Waals surface area contributed by atoms with Crippen LogP contribution in [-0.4, -0.2) is 68.4 Å². The van der Waals surface area contributed by atoms with E-state index < -0.39 is 0 Å². The molecule has 8 heteroatoms. The molecule has 0 aromatic carbocycles. The summed E-state index contributed by atoms with van der Waals surface area (Å²) in [4.78, 5) is 20.9. The highest BCUT2D eigenvalue weighted by atomic mass is 79.9. The Bertz CT molecular complexity index is 484. The number of morpholine rings is 2. The second-order valence-electron chi connectivity index (χ2n) is 4.62. The van der Waals surface area contributed by atoms with E-state index in [0.717, 1.165) is 22.0 Å². The molecule has 1 aromatic rings. The van der Waals surface area contributed by atoms with Crippen molar-refractivity contribution in [2.75, 3.05) is 57.5 Å². The summed E-state index contributed by atoms with van der Waals surface area (Å²) >= 11 is 4.98. The van der Waals surface area contributed by atoms with Crippen LogP contribution in [0.3, 0.4) is 0 Å². The number of halogens is 1. The SMILES string of the molecule is O=C(c1nc(N2CCOCC2)sc1Br)N1CCOCC1. The van der Waals surface area contributed by atoms with Crippen LogP contribution in [0.5, 0.6) is 0 Å². The molecule has 0 atom stereocenters. The molecule has 0 unspecified atom stereocenters. The molecule has 0 saturated carbocycles. The highest BCUT2D eigenvalue weighted by Crippen LogP contribution is 2.32. The molecule has 0 spiro atoms. The molecule has 2 aliphatic rings. The Morgan fingerprint density at radius 1 is 1.10 bits per heavy atom. The summed E-state index contributed by atoms with van der Waals surface area (Å²) in [6.07, 6.45) is 0. The first-order chi connectivity index (χ1) is 9.75. The van der Waals surface area contributed by atoms with Crippen LogP contribution in [0.15, 0.2) is 3.79 Å². The average molecular weight is 362 g/mol. The Labute approximate surface area is 129 Å². The Balaban J connectivity index is 1.75. The molecule has 0 aliphatic carbocycles. The van der Waals surface area contributed by atoms with Gasteiger partial charge >= 0.3 is 0 Å². The molecule has 3 rings (SSSR count). The second kappa shape index (κ2) is 6.38. The van der Waals surface area contributed by atoms with Crippen molar-refractivity contribution in [2.24, 2.45) is 0 Å². The third-order valence-electron chi connectivity index (χ3n) is 3.36. The van der Waals surface area contributed by atoms with Gasteiger partial charge in [0, 0.05) is 26.2 Å². The minimum Gasteiger partial charge on any atom is -0.378 e. The maximum Gasteiger partial charge on any atom is 0.274 e. The zero-order chi connectivity index (χ0) is 13.9. The largest absolute Gasteiger partial charge is 0.378 e. The number of hydrogen-bond acceptors (Lipinski definition) is 6. The molecule has 3 heterocycles. The lowest BCUT2D eigenvalue weighted by Crippen LogP contribution is -2.41. The van der Waals surface area contributed by atoms with Crippen molar-refractivity contribution >= 4 is 38.3 Å². The first-order valence-electron chi connectivity index (χ1n) is 6.62. The number of amides is 1. The van der Waals surface area contributed by atoms with Crippen LogP contribution in [0.2, 0.25) is 0 Å². The number of carbonyl (C=O) groups excluding carboxylic acids is 1. The average Bonchev–Trinajstić information content (AvgIpc) is 2.90. The van der Waals surface area contributed by atoms with E-state index in [1.165, 1.54) is 11.3 Å². The van der Waals surface area contributed by atoms with Gasteiger partial charge in [-0.3, -0.25) is 4.79 Å². The van der Waals surface area contributed by atoms with Gasteiger partial charge in [-0.05, 0) is 15.9 Å². The van der Waals surface area contributed by atoms with Gasteiger partial charge in [0.2, 0.25) is 0 Å². The van der Waals surface area contributed by atoms with E-state index in [4.69, 9.17) is 9.47 Å². The predicted molar refractivity (Wildman–Crippen MR) is 79.6 cm³/mol. The van der Waals surface area contributed by atoms with Gasteiger partial charge in [0.25, 0.3) is 5.91 Å². The van der Waals surface area contributed by atoms with E-state index in [1.54, 1.807) is 4.90 Å². The number of nitrogens with zero attached hydrogens (tertiary/aromatic N) is 3. The monoisotopic (exact) mass is 361 g/mol. The van der Waals surface area contributed by atoms with Crippen molar-refractivity contribution < 1.29 is 14.3 Å². The van der Waals surface area contributed by atoms with Crippen LogP contribution in [-0.2, 0) is 9.47 Å². The molecule has 2 saturated heterocycles. The van der Waals surface area contributed by atoms with Gasteiger partial charge in [0.05, 0.1) is 26.4 Å². The molecular weight excluding hydrogens is 346 g/mol. The molecule has 20 heavy (non-hydrogen) atoms. The minimum atomic E-state index is -0.0177. The molecule has 1 aromatic heterocycles. The van der Waals surface area contributed by atoms with Crippen LogP contribution >= 0.6 is 27.3 Å². The highest BCUT2D eigenvalue weighted by Gasteiger charge is 2.26. The summed E-state index contributed by atoms with van der Waals surface area (Å²) in [5.41, 5.74) is 0.512. The number of ether oxygens (including phenoxy) is 2. The highest BCUT2D eigenvalue weighted by molar-refractivity contribution is 9.11. The molecule has 2 fully saturated rings. The summed E-state index contributed by atoms with van der Waals surface area (Å²) < 4.78 is 11.4. The first-order valence-corrected chi connectivity index (χ1v) is 8.22. The van der Waals surface area contributed by atoms with E-state index >= 15 is 0 Å². The maximum absolute atomic E-state index is 12.5. The second-order valence-corrected chi connectivity index (χ2v) is 6.92. The number of carbonyl (C=O) groups is 1. The molecule has 110 valence electrons. The molecule has 6 nitrogen and oxygen atoms in total. The van der Waals surface area contributed by atoms with E-state index in [2.05, 4.69) is 25.8 Å². The smallest absolute Gasteiger partial charge is 0.274 e. The third-order valence-corrected chi connectivity index (χ3v) is 5.12. The number of aromatic nitrogens is 1. The maximum atomic E-state index is 12.5. The van der Waals surface area contributed by atoms with Crippen LogP contribution in [0.1, 0.15) is 10.5 Å².